The van der Waals surface area contributed by atoms with Gasteiger partial charge in [0.2, 0.25) is 0 Å². The number of aliphatic imine (C=N–C) groups is 1. The molecule has 3 rings (SSSR count). The van der Waals surface area contributed by atoms with Gasteiger partial charge in [-0.15, -0.1) is 24.0 Å². The summed E-state index contributed by atoms with van der Waals surface area (Å²) in [5.74, 6) is 1.85. The van der Waals surface area contributed by atoms with Crippen LogP contribution in [0.2, 0.25) is 0 Å². The summed E-state index contributed by atoms with van der Waals surface area (Å²) in [4.78, 5) is 4.60. The lowest BCUT2D eigenvalue weighted by atomic mass is 9.89. The van der Waals surface area contributed by atoms with Crippen LogP contribution in [0, 0.1) is 12.8 Å². The van der Waals surface area contributed by atoms with Gasteiger partial charge in [-0.3, -0.25) is 4.99 Å². The van der Waals surface area contributed by atoms with E-state index in [1.165, 1.54) is 11.1 Å². The zero-order chi connectivity index (χ0) is 22.1. The third-order valence-electron chi connectivity index (χ3n) is 5.65. The van der Waals surface area contributed by atoms with Crippen LogP contribution in [-0.4, -0.2) is 44.4 Å². The Kier molecular flexibility index (Phi) is 11.3. The maximum atomic E-state index is 10.5. The van der Waals surface area contributed by atoms with Crippen LogP contribution in [0.4, 0.5) is 0 Å². The highest BCUT2D eigenvalue weighted by molar-refractivity contribution is 14.0. The highest BCUT2D eigenvalue weighted by Gasteiger charge is 2.27. The topological polar surface area (TPSA) is 75.1 Å². The maximum absolute atomic E-state index is 10.5. The second kappa shape index (κ2) is 13.6. The molecule has 3 unspecified atom stereocenters. The molecule has 0 saturated carbocycles. The zero-order valence-electron chi connectivity index (χ0n) is 19.2. The van der Waals surface area contributed by atoms with Crippen molar-refractivity contribution in [3.05, 3.63) is 65.2 Å². The van der Waals surface area contributed by atoms with Gasteiger partial charge in [0.15, 0.2) is 5.96 Å². The minimum absolute atomic E-state index is 0. The van der Waals surface area contributed by atoms with E-state index in [4.69, 9.17) is 9.47 Å². The number of benzene rings is 2. The minimum Gasteiger partial charge on any atom is -0.497 e. The van der Waals surface area contributed by atoms with Crippen LogP contribution in [0.3, 0.4) is 0 Å². The molecule has 0 radical (unpaired) electrons. The fraction of sp³-hybridized carbons (Fsp3) is 0.480. The molecule has 0 bridgehead atoms. The Morgan fingerprint density at radius 1 is 1.16 bits per heavy atom. The van der Waals surface area contributed by atoms with Gasteiger partial charge in [0, 0.05) is 25.6 Å². The van der Waals surface area contributed by atoms with E-state index in [1.54, 1.807) is 7.11 Å². The first-order valence-corrected chi connectivity index (χ1v) is 11.1. The second-order valence-corrected chi connectivity index (χ2v) is 7.99. The minimum atomic E-state index is -0.667. The number of nitrogens with zero attached hydrogens (tertiary/aromatic N) is 1. The third-order valence-corrected chi connectivity index (χ3v) is 5.65. The van der Waals surface area contributed by atoms with Gasteiger partial charge in [0.05, 0.1) is 25.9 Å². The fourth-order valence-electron chi connectivity index (χ4n) is 3.86. The van der Waals surface area contributed by atoms with E-state index in [9.17, 15) is 5.11 Å². The summed E-state index contributed by atoms with van der Waals surface area (Å²) in [6, 6.07) is 16.1. The van der Waals surface area contributed by atoms with Crippen LogP contribution in [0.25, 0.3) is 0 Å². The predicted octanol–water partition coefficient (Wildman–Crippen LogP) is 4.38. The smallest absolute Gasteiger partial charge is 0.191 e. The Hall–Kier alpha value is -1.84. The van der Waals surface area contributed by atoms with E-state index in [0.29, 0.717) is 11.9 Å². The van der Waals surface area contributed by atoms with Crippen molar-refractivity contribution in [3.8, 4) is 5.75 Å². The highest BCUT2D eigenvalue weighted by Crippen LogP contribution is 2.33. The van der Waals surface area contributed by atoms with Crippen molar-refractivity contribution in [1.29, 1.82) is 0 Å². The molecule has 2 aromatic carbocycles. The molecular weight excluding hydrogens is 517 g/mol. The molecule has 0 spiro atoms. The highest BCUT2D eigenvalue weighted by atomic mass is 127. The standard InChI is InChI=1S/C25H35N3O3.HI/c1-4-26-25(28-17-23(29)19-11-13-22(30-3)14-12-19)27-16-21-6-5-15-31-24(21)20-9-7-18(2)8-10-20;/h7-14,21,23-24,29H,4-6,15-17H2,1-3H3,(H2,26,27,28);1H. The van der Waals surface area contributed by atoms with Crippen LogP contribution < -0.4 is 15.4 Å². The van der Waals surface area contributed by atoms with Gasteiger partial charge in [-0.25, -0.2) is 0 Å². The average molecular weight is 553 g/mol. The number of aryl methyl sites for hydroxylation is 1. The van der Waals surface area contributed by atoms with Crippen LogP contribution >= 0.6 is 24.0 Å². The van der Waals surface area contributed by atoms with Crippen LogP contribution in [0.15, 0.2) is 53.5 Å². The van der Waals surface area contributed by atoms with Crippen LogP contribution in [0.5, 0.6) is 5.75 Å². The SMILES string of the molecule is CCNC(=NCC(O)c1ccc(OC)cc1)NCC1CCCOC1c1ccc(C)cc1.I. The Balaban J connectivity index is 0.00000363. The molecule has 1 aliphatic heterocycles. The molecule has 3 atom stereocenters. The Bertz CT molecular complexity index is 827. The molecule has 0 amide bonds. The number of ether oxygens (including phenoxy) is 2. The Morgan fingerprint density at radius 2 is 1.88 bits per heavy atom. The van der Waals surface area contributed by atoms with Crippen molar-refractivity contribution in [1.82, 2.24) is 10.6 Å². The summed E-state index contributed by atoms with van der Waals surface area (Å²) in [6.07, 6.45) is 1.60. The number of aliphatic hydroxyl groups excluding tert-OH is 1. The molecule has 7 heteroatoms. The third kappa shape index (κ3) is 7.64. The molecule has 1 heterocycles. The van der Waals surface area contributed by atoms with E-state index in [-0.39, 0.29) is 36.6 Å². The van der Waals surface area contributed by atoms with Gasteiger partial charge >= 0.3 is 0 Å². The average Bonchev–Trinajstić information content (AvgIpc) is 2.81. The first-order chi connectivity index (χ1) is 15.1. The monoisotopic (exact) mass is 553 g/mol. The van der Waals surface area contributed by atoms with Gasteiger partial charge in [0.25, 0.3) is 0 Å². The number of hydrogen-bond acceptors (Lipinski definition) is 4. The number of methoxy groups -OCH3 is 1. The van der Waals surface area contributed by atoms with Crippen molar-refractivity contribution < 1.29 is 14.6 Å². The molecule has 1 aliphatic rings. The van der Waals surface area contributed by atoms with Gasteiger partial charge < -0.3 is 25.2 Å². The number of halogens is 1. The summed E-state index contributed by atoms with van der Waals surface area (Å²) < 4.78 is 11.3. The van der Waals surface area contributed by atoms with Crippen molar-refractivity contribution in [2.75, 3.05) is 33.4 Å². The number of guanidine groups is 1. The van der Waals surface area contributed by atoms with E-state index < -0.39 is 6.10 Å². The molecule has 6 nitrogen and oxygen atoms in total. The number of aliphatic hydroxyl groups is 1. The van der Waals surface area contributed by atoms with E-state index in [1.807, 2.05) is 31.2 Å². The summed E-state index contributed by atoms with van der Waals surface area (Å²) >= 11 is 0. The van der Waals surface area contributed by atoms with E-state index >= 15 is 0 Å². The predicted molar refractivity (Wildman–Crippen MR) is 140 cm³/mol. The summed E-state index contributed by atoms with van der Waals surface area (Å²) in [6.45, 7) is 6.75. The molecule has 32 heavy (non-hydrogen) atoms. The van der Waals surface area contributed by atoms with Crippen molar-refractivity contribution in [2.45, 2.75) is 38.9 Å². The van der Waals surface area contributed by atoms with E-state index in [2.05, 4.69) is 46.8 Å². The molecule has 1 saturated heterocycles. The molecule has 176 valence electrons. The summed E-state index contributed by atoms with van der Waals surface area (Å²) in [5, 5.41) is 17.2. The quantitative estimate of drug-likeness (QED) is 0.257. The molecule has 1 fully saturated rings. The first kappa shape index (κ1) is 26.4. The van der Waals surface area contributed by atoms with E-state index in [0.717, 1.165) is 43.9 Å². The lowest BCUT2D eigenvalue weighted by Crippen LogP contribution is -2.42. The van der Waals surface area contributed by atoms with Gasteiger partial charge in [-0.05, 0) is 49.9 Å². The normalized spacial score (nSPS) is 19.6. The Labute approximate surface area is 208 Å². The maximum Gasteiger partial charge on any atom is 0.191 e. The summed E-state index contributed by atoms with van der Waals surface area (Å²) in [5.41, 5.74) is 3.31. The van der Waals surface area contributed by atoms with Crippen molar-refractivity contribution >= 4 is 29.9 Å². The first-order valence-electron chi connectivity index (χ1n) is 11.1. The largest absolute Gasteiger partial charge is 0.497 e. The molecule has 0 aromatic heterocycles. The van der Waals surface area contributed by atoms with Crippen LogP contribution in [0.1, 0.15) is 48.7 Å². The van der Waals surface area contributed by atoms with Crippen molar-refractivity contribution in [3.63, 3.8) is 0 Å². The van der Waals surface area contributed by atoms with Gasteiger partial charge in [-0.1, -0.05) is 42.0 Å². The molecular formula is C25H36IN3O3. The lowest BCUT2D eigenvalue weighted by Gasteiger charge is -2.32. The Morgan fingerprint density at radius 3 is 2.53 bits per heavy atom. The molecule has 2 aromatic rings. The lowest BCUT2D eigenvalue weighted by molar-refractivity contribution is -0.0265. The second-order valence-electron chi connectivity index (χ2n) is 7.99. The number of nitrogens with one attached hydrogen (secondary N) is 2. The van der Waals surface area contributed by atoms with Crippen LogP contribution in [-0.2, 0) is 4.74 Å². The molecule has 3 N–H and O–H groups in total. The van der Waals surface area contributed by atoms with Gasteiger partial charge in [0.1, 0.15) is 5.75 Å². The van der Waals surface area contributed by atoms with Crippen molar-refractivity contribution in [2.24, 2.45) is 10.9 Å². The number of rotatable bonds is 8. The van der Waals surface area contributed by atoms with Gasteiger partial charge in [-0.2, -0.15) is 0 Å². The fourth-order valence-corrected chi connectivity index (χ4v) is 3.86. The molecule has 0 aliphatic carbocycles. The number of hydrogen-bond donors (Lipinski definition) is 3. The summed E-state index contributed by atoms with van der Waals surface area (Å²) in [7, 11) is 1.63. The zero-order valence-corrected chi connectivity index (χ0v) is 21.5.